The van der Waals surface area contributed by atoms with Gasteiger partial charge >= 0.3 is 6.09 Å². The minimum absolute atomic E-state index is 0.0476. The largest absolute Gasteiger partial charge is 0.444 e. The van der Waals surface area contributed by atoms with Crippen LogP contribution in [0.5, 0.6) is 0 Å². The zero-order valence-corrected chi connectivity index (χ0v) is 18.6. The number of fused-ring (bicyclic) bond motifs is 1. The van der Waals surface area contributed by atoms with E-state index in [0.29, 0.717) is 13.2 Å². The van der Waals surface area contributed by atoms with E-state index < -0.39 is 13.9 Å². The van der Waals surface area contributed by atoms with Gasteiger partial charge in [-0.1, -0.05) is 20.8 Å². The molecular weight excluding hydrogens is 346 g/mol. The SMILES string of the molecule is CC(C)(C)OC(=O)N[C@@H]1CCc2cc(CO[Si](C)(C)C(C)(C)C)nn2C1. The molecule has 148 valence electrons. The smallest absolute Gasteiger partial charge is 0.407 e. The highest BCUT2D eigenvalue weighted by atomic mass is 28.4. The highest BCUT2D eigenvalue weighted by molar-refractivity contribution is 6.74. The van der Waals surface area contributed by atoms with Gasteiger partial charge in [-0.15, -0.1) is 0 Å². The summed E-state index contributed by atoms with van der Waals surface area (Å²) < 4.78 is 13.6. The van der Waals surface area contributed by atoms with Crippen molar-refractivity contribution in [2.24, 2.45) is 0 Å². The van der Waals surface area contributed by atoms with Gasteiger partial charge in [-0.05, 0) is 57.8 Å². The van der Waals surface area contributed by atoms with E-state index >= 15 is 0 Å². The van der Waals surface area contributed by atoms with Crippen molar-refractivity contribution < 1.29 is 14.0 Å². The summed E-state index contributed by atoms with van der Waals surface area (Å²) in [6, 6.07) is 2.18. The highest BCUT2D eigenvalue weighted by Crippen LogP contribution is 2.37. The van der Waals surface area contributed by atoms with Gasteiger partial charge in [0.25, 0.3) is 0 Å². The summed E-state index contributed by atoms with van der Waals surface area (Å²) >= 11 is 0. The Morgan fingerprint density at radius 3 is 2.54 bits per heavy atom. The molecule has 0 aromatic carbocycles. The Kier molecular flexibility index (Phi) is 5.92. The molecule has 1 aliphatic rings. The minimum atomic E-state index is -1.78. The molecule has 0 spiro atoms. The van der Waals surface area contributed by atoms with Gasteiger partial charge in [-0.2, -0.15) is 5.10 Å². The Morgan fingerprint density at radius 2 is 1.96 bits per heavy atom. The molecule has 2 rings (SSSR count). The van der Waals surface area contributed by atoms with Crippen LogP contribution in [-0.4, -0.2) is 35.8 Å². The Balaban J connectivity index is 1.93. The molecule has 26 heavy (non-hydrogen) atoms. The van der Waals surface area contributed by atoms with Crippen molar-refractivity contribution in [2.75, 3.05) is 0 Å². The van der Waals surface area contributed by atoms with Crippen LogP contribution in [0.2, 0.25) is 18.1 Å². The lowest BCUT2D eigenvalue weighted by atomic mass is 10.1. The van der Waals surface area contributed by atoms with Gasteiger partial charge in [0.15, 0.2) is 8.32 Å². The standard InChI is InChI=1S/C19H35N3O3Si/c1-18(2,3)25-17(23)20-14-9-10-16-11-15(21-22(16)12-14)13-24-26(7,8)19(4,5)6/h11,14H,9-10,12-13H2,1-8H3,(H,20,23)/t14-/m1/s1. The molecule has 6 nitrogen and oxygen atoms in total. The molecule has 0 aliphatic carbocycles. The number of carbonyl (C=O) groups is 1. The number of carbonyl (C=O) groups excluding carboxylic acids is 1. The fourth-order valence-corrected chi connectivity index (χ4v) is 3.57. The topological polar surface area (TPSA) is 65.4 Å². The average molecular weight is 382 g/mol. The zero-order valence-electron chi connectivity index (χ0n) is 17.6. The third-order valence-electron chi connectivity index (χ3n) is 5.16. The molecular formula is C19H35N3O3Si. The molecule has 0 radical (unpaired) electrons. The summed E-state index contributed by atoms with van der Waals surface area (Å²) in [5, 5.41) is 7.83. The normalized spacial score (nSPS) is 18.4. The van der Waals surface area contributed by atoms with Crippen LogP contribution in [0.15, 0.2) is 6.07 Å². The van der Waals surface area contributed by atoms with Crippen molar-refractivity contribution in [2.45, 2.75) is 97.3 Å². The predicted molar refractivity (Wildman–Crippen MR) is 106 cm³/mol. The Bertz CT molecular complexity index is 641. The number of nitrogens with zero attached hydrogens (tertiary/aromatic N) is 2. The van der Waals surface area contributed by atoms with E-state index in [1.807, 2.05) is 25.5 Å². The second-order valence-corrected chi connectivity index (χ2v) is 14.5. The van der Waals surface area contributed by atoms with Crippen LogP contribution in [0.3, 0.4) is 0 Å². The van der Waals surface area contributed by atoms with Gasteiger partial charge in [0.1, 0.15) is 5.60 Å². The number of amides is 1. The van der Waals surface area contributed by atoms with E-state index in [1.54, 1.807) is 0 Å². The van der Waals surface area contributed by atoms with Crippen LogP contribution >= 0.6 is 0 Å². The van der Waals surface area contributed by atoms with E-state index in [2.05, 4.69) is 50.3 Å². The second kappa shape index (κ2) is 7.35. The number of hydrogen-bond acceptors (Lipinski definition) is 4. The molecule has 7 heteroatoms. The molecule has 2 heterocycles. The molecule has 1 aromatic rings. The first-order chi connectivity index (χ1) is 11.8. The van der Waals surface area contributed by atoms with Crippen LogP contribution < -0.4 is 5.32 Å². The number of rotatable bonds is 4. The first kappa shape index (κ1) is 21.0. The Hall–Kier alpha value is -1.34. The van der Waals surface area contributed by atoms with Crippen molar-refractivity contribution in [1.82, 2.24) is 15.1 Å². The summed E-state index contributed by atoms with van der Waals surface area (Å²) in [6.45, 7) is 18.1. The molecule has 0 fully saturated rings. The maximum atomic E-state index is 12.0. The molecule has 1 aromatic heterocycles. The van der Waals surface area contributed by atoms with Crippen LogP contribution in [0.25, 0.3) is 0 Å². The molecule has 1 atom stereocenters. The van der Waals surface area contributed by atoms with Gasteiger partial charge in [0.05, 0.1) is 24.9 Å². The van der Waals surface area contributed by atoms with Crippen LogP contribution in [-0.2, 0) is 28.7 Å². The van der Waals surface area contributed by atoms with Gasteiger partial charge < -0.3 is 14.5 Å². The van der Waals surface area contributed by atoms with E-state index in [-0.39, 0.29) is 17.2 Å². The zero-order chi connectivity index (χ0) is 19.8. The summed E-state index contributed by atoms with van der Waals surface area (Å²) in [5.74, 6) is 0. The van der Waals surface area contributed by atoms with Gasteiger partial charge in [0, 0.05) is 5.69 Å². The number of aromatic nitrogens is 2. The highest BCUT2D eigenvalue weighted by Gasteiger charge is 2.37. The molecule has 0 bridgehead atoms. The summed E-state index contributed by atoms with van der Waals surface area (Å²) in [7, 11) is -1.78. The number of alkyl carbamates (subject to hydrolysis) is 1. The van der Waals surface area contributed by atoms with Crippen molar-refractivity contribution in [3.8, 4) is 0 Å². The maximum Gasteiger partial charge on any atom is 0.407 e. The molecule has 0 saturated carbocycles. The molecule has 1 aliphatic heterocycles. The summed E-state index contributed by atoms with van der Waals surface area (Å²) in [5.41, 5.74) is 1.70. The molecule has 0 unspecified atom stereocenters. The van der Waals surface area contributed by atoms with Crippen molar-refractivity contribution in [3.05, 3.63) is 17.5 Å². The lowest BCUT2D eigenvalue weighted by molar-refractivity contribution is 0.0491. The summed E-state index contributed by atoms with van der Waals surface area (Å²) in [4.78, 5) is 12.0. The second-order valence-electron chi connectivity index (χ2n) is 9.74. The molecule has 1 N–H and O–H groups in total. The van der Waals surface area contributed by atoms with Crippen LogP contribution in [0, 0.1) is 0 Å². The Labute approximate surface area is 158 Å². The third-order valence-corrected chi connectivity index (χ3v) is 9.64. The van der Waals surface area contributed by atoms with Crippen LogP contribution in [0.4, 0.5) is 4.79 Å². The first-order valence-corrected chi connectivity index (χ1v) is 12.4. The molecule has 1 amide bonds. The fourth-order valence-electron chi connectivity index (χ4n) is 2.63. The van der Waals surface area contributed by atoms with E-state index in [0.717, 1.165) is 18.5 Å². The van der Waals surface area contributed by atoms with Crippen LogP contribution in [0.1, 0.15) is 59.4 Å². The number of hydrogen-bond donors (Lipinski definition) is 1. The van der Waals surface area contributed by atoms with E-state index in [4.69, 9.17) is 9.16 Å². The monoisotopic (exact) mass is 381 g/mol. The van der Waals surface area contributed by atoms with E-state index in [1.165, 1.54) is 5.69 Å². The Morgan fingerprint density at radius 1 is 1.31 bits per heavy atom. The van der Waals surface area contributed by atoms with E-state index in [9.17, 15) is 4.79 Å². The summed E-state index contributed by atoms with van der Waals surface area (Å²) in [6.07, 6.45) is 1.43. The predicted octanol–water partition coefficient (Wildman–Crippen LogP) is 4.24. The van der Waals surface area contributed by atoms with Gasteiger partial charge in [-0.3, -0.25) is 4.68 Å². The van der Waals surface area contributed by atoms with Crippen molar-refractivity contribution in [1.29, 1.82) is 0 Å². The van der Waals surface area contributed by atoms with Gasteiger partial charge in [-0.25, -0.2) is 4.79 Å². The van der Waals surface area contributed by atoms with Crippen molar-refractivity contribution >= 4 is 14.4 Å². The maximum absolute atomic E-state index is 12.0. The fraction of sp³-hybridized carbons (Fsp3) is 0.789. The minimum Gasteiger partial charge on any atom is -0.444 e. The number of ether oxygens (including phenoxy) is 1. The third kappa shape index (κ3) is 5.58. The number of nitrogens with one attached hydrogen (secondary N) is 1. The number of aryl methyl sites for hydroxylation is 1. The molecule has 0 saturated heterocycles. The lowest BCUT2D eigenvalue weighted by Crippen LogP contribution is -2.43. The lowest BCUT2D eigenvalue weighted by Gasteiger charge is -2.35. The first-order valence-electron chi connectivity index (χ1n) is 9.46. The quantitative estimate of drug-likeness (QED) is 0.792. The average Bonchev–Trinajstić information content (AvgIpc) is 2.84. The van der Waals surface area contributed by atoms with Gasteiger partial charge in [0.2, 0.25) is 0 Å². The van der Waals surface area contributed by atoms with Crippen molar-refractivity contribution in [3.63, 3.8) is 0 Å².